The maximum Gasteiger partial charge on any atom is 0.0205 e. The summed E-state index contributed by atoms with van der Waals surface area (Å²) in [6, 6.07) is 8.77. The summed E-state index contributed by atoms with van der Waals surface area (Å²) in [5.74, 6) is 1.13. The summed E-state index contributed by atoms with van der Waals surface area (Å²) in [6.45, 7) is 8.19. The summed E-state index contributed by atoms with van der Waals surface area (Å²) in [5, 5.41) is 3.42. The number of thioether (sulfide) groups is 1. The third-order valence-electron chi connectivity index (χ3n) is 2.51. The van der Waals surface area contributed by atoms with Crippen LogP contribution in [0.15, 0.2) is 29.2 Å². The van der Waals surface area contributed by atoms with E-state index in [0.717, 1.165) is 25.3 Å². The van der Waals surface area contributed by atoms with Crippen molar-refractivity contribution in [3.05, 3.63) is 29.8 Å². The van der Waals surface area contributed by atoms with Crippen molar-refractivity contribution in [1.29, 1.82) is 0 Å². The van der Waals surface area contributed by atoms with Gasteiger partial charge in [0, 0.05) is 17.0 Å². The minimum absolute atomic E-state index is 0.0748. The second-order valence-electron chi connectivity index (χ2n) is 4.99. The third-order valence-corrected chi connectivity index (χ3v) is 3.40. The van der Waals surface area contributed by atoms with Crippen molar-refractivity contribution in [2.45, 2.75) is 44.2 Å². The maximum absolute atomic E-state index is 5.93. The molecule has 0 saturated heterocycles. The zero-order valence-electron chi connectivity index (χ0n) is 11.1. The van der Waals surface area contributed by atoms with Crippen molar-refractivity contribution in [2.75, 3.05) is 12.3 Å². The SMILES string of the molecule is CCSc1ccc(CNCCC(C)(C)N)cc1. The first kappa shape index (κ1) is 14.6. The fraction of sp³-hybridized carbons (Fsp3) is 0.571. The predicted octanol–water partition coefficient (Wildman–Crippen LogP) is 3.02. The van der Waals surface area contributed by atoms with Crippen LogP contribution in [0.5, 0.6) is 0 Å². The first-order valence-electron chi connectivity index (χ1n) is 6.22. The molecule has 3 heteroatoms. The van der Waals surface area contributed by atoms with Gasteiger partial charge in [0.05, 0.1) is 0 Å². The molecular weight excluding hydrogens is 228 g/mol. The predicted molar refractivity (Wildman–Crippen MR) is 77.4 cm³/mol. The lowest BCUT2D eigenvalue weighted by Crippen LogP contribution is -2.35. The summed E-state index contributed by atoms with van der Waals surface area (Å²) in [6.07, 6.45) is 0.997. The first-order chi connectivity index (χ1) is 8.01. The fourth-order valence-corrected chi connectivity index (χ4v) is 2.18. The van der Waals surface area contributed by atoms with Crippen molar-refractivity contribution in [2.24, 2.45) is 5.73 Å². The molecule has 0 amide bonds. The lowest BCUT2D eigenvalue weighted by molar-refractivity contribution is 0.455. The monoisotopic (exact) mass is 252 g/mol. The Balaban J connectivity index is 2.27. The van der Waals surface area contributed by atoms with Gasteiger partial charge in [-0.2, -0.15) is 0 Å². The average Bonchev–Trinajstić information content (AvgIpc) is 2.26. The van der Waals surface area contributed by atoms with Gasteiger partial charge in [-0.15, -0.1) is 11.8 Å². The van der Waals surface area contributed by atoms with Crippen LogP contribution in [0, 0.1) is 0 Å². The highest BCUT2D eigenvalue weighted by molar-refractivity contribution is 7.99. The second kappa shape index (κ2) is 7.04. The van der Waals surface area contributed by atoms with Crippen molar-refractivity contribution in [3.63, 3.8) is 0 Å². The highest BCUT2D eigenvalue weighted by Crippen LogP contribution is 2.17. The van der Waals surface area contributed by atoms with Crippen molar-refractivity contribution in [3.8, 4) is 0 Å². The van der Waals surface area contributed by atoms with Gasteiger partial charge >= 0.3 is 0 Å². The molecule has 0 aliphatic heterocycles. The molecule has 1 rings (SSSR count). The topological polar surface area (TPSA) is 38.0 Å². The van der Waals surface area contributed by atoms with E-state index in [4.69, 9.17) is 5.73 Å². The van der Waals surface area contributed by atoms with Crippen molar-refractivity contribution < 1.29 is 0 Å². The van der Waals surface area contributed by atoms with Gasteiger partial charge in [-0.1, -0.05) is 19.1 Å². The molecule has 0 aliphatic carbocycles. The molecule has 96 valence electrons. The van der Waals surface area contributed by atoms with Crippen LogP contribution in [-0.2, 0) is 6.54 Å². The van der Waals surface area contributed by atoms with Gasteiger partial charge in [0.25, 0.3) is 0 Å². The van der Waals surface area contributed by atoms with Gasteiger partial charge in [-0.25, -0.2) is 0 Å². The number of benzene rings is 1. The normalized spacial score (nSPS) is 11.8. The standard InChI is InChI=1S/C14H24N2S/c1-4-17-13-7-5-12(6-8-13)11-16-10-9-14(2,3)15/h5-8,16H,4,9-11,15H2,1-3H3. The molecule has 1 aromatic carbocycles. The van der Waals surface area contributed by atoms with Crippen LogP contribution >= 0.6 is 11.8 Å². The van der Waals surface area contributed by atoms with Crippen molar-refractivity contribution >= 4 is 11.8 Å². The minimum atomic E-state index is -0.0748. The van der Waals surface area contributed by atoms with Crippen LogP contribution in [0.25, 0.3) is 0 Å². The Morgan fingerprint density at radius 2 is 1.88 bits per heavy atom. The first-order valence-corrected chi connectivity index (χ1v) is 7.21. The zero-order valence-corrected chi connectivity index (χ0v) is 11.9. The Morgan fingerprint density at radius 3 is 2.41 bits per heavy atom. The molecule has 2 nitrogen and oxygen atoms in total. The van der Waals surface area contributed by atoms with Crippen LogP contribution in [0.4, 0.5) is 0 Å². The Labute approximate surface area is 109 Å². The van der Waals surface area contributed by atoms with E-state index in [0.29, 0.717) is 0 Å². The molecule has 0 atom stereocenters. The van der Waals surface area contributed by atoms with Crippen LogP contribution in [0.2, 0.25) is 0 Å². The molecule has 0 bridgehead atoms. The molecular formula is C14H24N2S. The molecule has 0 unspecified atom stereocenters. The Morgan fingerprint density at radius 1 is 1.24 bits per heavy atom. The Hall–Kier alpha value is -0.510. The van der Waals surface area contributed by atoms with Gasteiger partial charge in [0.1, 0.15) is 0 Å². The number of rotatable bonds is 7. The number of nitrogens with two attached hydrogens (primary N) is 1. The largest absolute Gasteiger partial charge is 0.326 e. The van der Waals surface area contributed by atoms with Crippen LogP contribution in [-0.4, -0.2) is 17.8 Å². The van der Waals surface area contributed by atoms with E-state index in [1.165, 1.54) is 10.5 Å². The number of hydrogen-bond donors (Lipinski definition) is 2. The number of nitrogens with one attached hydrogen (secondary N) is 1. The average molecular weight is 252 g/mol. The summed E-state index contributed by atoms with van der Waals surface area (Å²) in [4.78, 5) is 1.35. The van der Waals surface area contributed by atoms with E-state index in [9.17, 15) is 0 Å². The molecule has 0 aliphatic rings. The summed E-state index contributed by atoms with van der Waals surface area (Å²) in [5.41, 5.74) is 7.18. The quantitative estimate of drug-likeness (QED) is 0.579. The number of hydrogen-bond acceptors (Lipinski definition) is 3. The molecule has 0 fully saturated rings. The molecule has 0 aromatic heterocycles. The second-order valence-corrected chi connectivity index (χ2v) is 6.33. The molecule has 0 heterocycles. The van der Waals surface area contributed by atoms with E-state index in [2.05, 4.69) is 50.4 Å². The Kier molecular flexibility index (Phi) is 6.03. The molecule has 0 spiro atoms. The van der Waals surface area contributed by atoms with Crippen LogP contribution in [0.3, 0.4) is 0 Å². The Bertz CT molecular complexity index is 314. The minimum Gasteiger partial charge on any atom is -0.326 e. The highest BCUT2D eigenvalue weighted by atomic mass is 32.2. The summed E-state index contributed by atoms with van der Waals surface area (Å²) < 4.78 is 0. The van der Waals surface area contributed by atoms with E-state index >= 15 is 0 Å². The van der Waals surface area contributed by atoms with E-state index in [1.54, 1.807) is 0 Å². The van der Waals surface area contributed by atoms with E-state index < -0.39 is 0 Å². The van der Waals surface area contributed by atoms with E-state index in [-0.39, 0.29) is 5.54 Å². The van der Waals surface area contributed by atoms with Gasteiger partial charge < -0.3 is 11.1 Å². The zero-order chi connectivity index (χ0) is 12.7. The van der Waals surface area contributed by atoms with Gasteiger partial charge in [0.15, 0.2) is 0 Å². The summed E-state index contributed by atoms with van der Waals surface area (Å²) in [7, 11) is 0. The molecule has 1 aromatic rings. The van der Waals surface area contributed by atoms with Crippen LogP contribution in [0.1, 0.15) is 32.8 Å². The van der Waals surface area contributed by atoms with E-state index in [1.807, 2.05) is 11.8 Å². The van der Waals surface area contributed by atoms with Gasteiger partial charge in [-0.05, 0) is 50.3 Å². The third kappa shape index (κ3) is 6.71. The molecule has 0 saturated carbocycles. The lowest BCUT2D eigenvalue weighted by atomic mass is 10.0. The fourth-order valence-electron chi connectivity index (χ4n) is 1.51. The van der Waals surface area contributed by atoms with Crippen molar-refractivity contribution in [1.82, 2.24) is 5.32 Å². The smallest absolute Gasteiger partial charge is 0.0205 e. The highest BCUT2D eigenvalue weighted by Gasteiger charge is 2.08. The maximum atomic E-state index is 5.93. The molecule has 0 radical (unpaired) electrons. The molecule has 3 N–H and O–H groups in total. The van der Waals surface area contributed by atoms with Crippen LogP contribution < -0.4 is 11.1 Å². The lowest BCUT2D eigenvalue weighted by Gasteiger charge is -2.18. The molecule has 17 heavy (non-hydrogen) atoms. The van der Waals surface area contributed by atoms with Gasteiger partial charge in [0.2, 0.25) is 0 Å². The van der Waals surface area contributed by atoms with Gasteiger partial charge in [-0.3, -0.25) is 0 Å². The summed E-state index contributed by atoms with van der Waals surface area (Å²) >= 11 is 1.88.